The van der Waals surface area contributed by atoms with Gasteiger partial charge in [0.1, 0.15) is 23.1 Å². The number of likely N-dealkylation sites (N-methyl/N-ethyl adjacent to an activating group) is 1. The number of carbonyl (C=O) groups excluding carboxylic acids is 2. The van der Waals surface area contributed by atoms with Gasteiger partial charge in [-0.2, -0.15) is 0 Å². The number of carbonyl (C=O) groups is 2. The van der Waals surface area contributed by atoms with Crippen LogP contribution in [-0.4, -0.2) is 44.1 Å². The van der Waals surface area contributed by atoms with Crippen LogP contribution in [0.25, 0.3) is 0 Å². The number of esters is 1. The van der Waals surface area contributed by atoms with Crippen LogP contribution >= 0.6 is 11.3 Å². The molecule has 0 saturated carbocycles. The van der Waals surface area contributed by atoms with Crippen molar-refractivity contribution in [2.24, 2.45) is 0 Å². The molecule has 0 spiro atoms. The molecule has 0 saturated heterocycles. The molecule has 0 aliphatic rings. The lowest BCUT2D eigenvalue weighted by molar-refractivity contribution is 0.0606. The molecule has 5 nitrogen and oxygen atoms in total. The van der Waals surface area contributed by atoms with E-state index in [1.807, 2.05) is 0 Å². The predicted molar refractivity (Wildman–Crippen MR) is 84.5 cm³/mol. The molecule has 23 heavy (non-hydrogen) atoms. The molecule has 0 atom stereocenters. The Morgan fingerprint density at radius 1 is 1.13 bits per heavy atom. The molecule has 0 N–H and O–H groups in total. The first-order valence-electron chi connectivity index (χ1n) is 6.83. The fourth-order valence-corrected chi connectivity index (χ4v) is 2.70. The number of halogens is 1. The summed E-state index contributed by atoms with van der Waals surface area (Å²) in [6, 6.07) is 8.83. The van der Waals surface area contributed by atoms with E-state index in [0.717, 1.165) is 11.3 Å². The SMILES string of the molecule is COC(=O)c1ccc(C(=O)N(C)CCOc2ccc(F)cc2)s1. The van der Waals surface area contributed by atoms with Crippen molar-refractivity contribution in [1.82, 2.24) is 4.90 Å². The van der Waals surface area contributed by atoms with Crippen molar-refractivity contribution in [3.8, 4) is 5.75 Å². The van der Waals surface area contributed by atoms with Gasteiger partial charge in [0.05, 0.1) is 18.5 Å². The first kappa shape index (κ1) is 17.0. The van der Waals surface area contributed by atoms with Crippen LogP contribution in [0.3, 0.4) is 0 Å². The minimum Gasteiger partial charge on any atom is -0.492 e. The Kier molecular flexibility index (Phi) is 5.70. The number of methoxy groups -OCH3 is 1. The van der Waals surface area contributed by atoms with Gasteiger partial charge in [-0.1, -0.05) is 0 Å². The fourth-order valence-electron chi connectivity index (χ4n) is 1.78. The van der Waals surface area contributed by atoms with E-state index in [-0.39, 0.29) is 18.3 Å². The molecule has 1 aromatic heterocycles. The Balaban J connectivity index is 1.86. The number of nitrogens with zero attached hydrogens (tertiary/aromatic N) is 1. The summed E-state index contributed by atoms with van der Waals surface area (Å²) in [6.07, 6.45) is 0. The van der Waals surface area contributed by atoms with Crippen LogP contribution in [0.4, 0.5) is 4.39 Å². The smallest absolute Gasteiger partial charge is 0.348 e. The average molecular weight is 337 g/mol. The standard InChI is InChI=1S/C16H16FNO4S/c1-18(9-10-22-12-5-3-11(17)4-6-12)15(19)13-7-8-14(23-13)16(20)21-2/h3-8H,9-10H2,1-2H3. The molecule has 2 aromatic rings. The second-order valence-electron chi connectivity index (χ2n) is 4.68. The van der Waals surface area contributed by atoms with E-state index in [4.69, 9.17) is 4.74 Å². The van der Waals surface area contributed by atoms with Gasteiger partial charge in [-0.15, -0.1) is 11.3 Å². The zero-order valence-electron chi connectivity index (χ0n) is 12.7. The fraction of sp³-hybridized carbons (Fsp3) is 0.250. The van der Waals surface area contributed by atoms with E-state index in [2.05, 4.69) is 4.74 Å². The van der Waals surface area contributed by atoms with Gasteiger partial charge in [0.2, 0.25) is 0 Å². The maximum Gasteiger partial charge on any atom is 0.348 e. The number of thiophene rings is 1. The molecule has 0 aliphatic carbocycles. The first-order chi connectivity index (χ1) is 11.0. The molecule has 0 aliphatic heterocycles. The highest BCUT2D eigenvalue weighted by Gasteiger charge is 2.17. The van der Waals surface area contributed by atoms with E-state index in [1.165, 1.54) is 36.3 Å². The first-order valence-corrected chi connectivity index (χ1v) is 7.65. The molecule has 0 fully saturated rings. The third-order valence-corrected chi connectivity index (χ3v) is 4.11. The summed E-state index contributed by atoms with van der Waals surface area (Å²) in [5, 5.41) is 0. The summed E-state index contributed by atoms with van der Waals surface area (Å²) in [6.45, 7) is 0.644. The molecular weight excluding hydrogens is 321 g/mol. The molecule has 0 bridgehead atoms. The van der Waals surface area contributed by atoms with Crippen molar-refractivity contribution in [3.63, 3.8) is 0 Å². The third kappa shape index (κ3) is 4.53. The number of benzene rings is 1. The second-order valence-corrected chi connectivity index (χ2v) is 5.77. The Morgan fingerprint density at radius 2 is 1.78 bits per heavy atom. The number of hydrogen-bond acceptors (Lipinski definition) is 5. The van der Waals surface area contributed by atoms with E-state index in [0.29, 0.717) is 22.0 Å². The van der Waals surface area contributed by atoms with Gasteiger partial charge >= 0.3 is 5.97 Å². The molecule has 1 heterocycles. The highest BCUT2D eigenvalue weighted by Crippen LogP contribution is 2.19. The second kappa shape index (κ2) is 7.73. The van der Waals surface area contributed by atoms with Crippen LogP contribution in [-0.2, 0) is 4.74 Å². The molecule has 122 valence electrons. The summed E-state index contributed by atoms with van der Waals surface area (Å²) in [5.74, 6) is -0.454. The topological polar surface area (TPSA) is 55.8 Å². The minimum atomic E-state index is -0.462. The lowest BCUT2D eigenvalue weighted by Gasteiger charge is -2.16. The number of ether oxygens (including phenoxy) is 2. The van der Waals surface area contributed by atoms with Crippen LogP contribution in [0.5, 0.6) is 5.75 Å². The van der Waals surface area contributed by atoms with Crippen molar-refractivity contribution >= 4 is 23.2 Å². The van der Waals surface area contributed by atoms with Gasteiger partial charge in [0.15, 0.2) is 0 Å². The lowest BCUT2D eigenvalue weighted by atomic mass is 10.3. The molecule has 7 heteroatoms. The molecule has 2 rings (SSSR count). The average Bonchev–Trinajstić information content (AvgIpc) is 3.05. The maximum absolute atomic E-state index is 12.8. The van der Waals surface area contributed by atoms with Gasteiger partial charge in [-0.3, -0.25) is 4.79 Å². The zero-order valence-corrected chi connectivity index (χ0v) is 13.6. The van der Waals surface area contributed by atoms with Crippen LogP contribution < -0.4 is 4.74 Å². The van der Waals surface area contributed by atoms with Crippen LogP contribution in [0.15, 0.2) is 36.4 Å². The Bertz CT molecular complexity index is 684. The van der Waals surface area contributed by atoms with Crippen molar-refractivity contribution in [3.05, 3.63) is 52.0 Å². The van der Waals surface area contributed by atoms with Crippen molar-refractivity contribution in [2.75, 3.05) is 27.3 Å². The van der Waals surface area contributed by atoms with Crippen molar-refractivity contribution in [1.29, 1.82) is 0 Å². The van der Waals surface area contributed by atoms with E-state index in [9.17, 15) is 14.0 Å². The Morgan fingerprint density at radius 3 is 2.43 bits per heavy atom. The van der Waals surface area contributed by atoms with Crippen molar-refractivity contribution in [2.45, 2.75) is 0 Å². The maximum atomic E-state index is 12.8. The predicted octanol–water partition coefficient (Wildman–Crippen LogP) is 2.82. The number of amides is 1. The molecule has 0 radical (unpaired) electrons. The Hall–Kier alpha value is -2.41. The van der Waals surface area contributed by atoms with E-state index < -0.39 is 5.97 Å². The van der Waals surface area contributed by atoms with Gasteiger partial charge < -0.3 is 14.4 Å². The number of hydrogen-bond donors (Lipinski definition) is 0. The van der Waals surface area contributed by atoms with Gasteiger partial charge in [0, 0.05) is 7.05 Å². The zero-order chi connectivity index (χ0) is 16.8. The molecule has 1 amide bonds. The largest absolute Gasteiger partial charge is 0.492 e. The summed E-state index contributed by atoms with van der Waals surface area (Å²) < 4.78 is 22.8. The third-order valence-electron chi connectivity index (χ3n) is 3.06. The van der Waals surface area contributed by atoms with E-state index in [1.54, 1.807) is 19.2 Å². The number of rotatable bonds is 6. The Labute approximate surface area is 137 Å². The van der Waals surface area contributed by atoms with Crippen LogP contribution in [0.1, 0.15) is 19.3 Å². The van der Waals surface area contributed by atoms with Gasteiger partial charge in [-0.25, -0.2) is 9.18 Å². The highest BCUT2D eigenvalue weighted by atomic mass is 32.1. The molecule has 0 unspecified atom stereocenters. The molecule has 1 aromatic carbocycles. The van der Waals surface area contributed by atoms with Gasteiger partial charge in [0.25, 0.3) is 5.91 Å². The van der Waals surface area contributed by atoms with Crippen LogP contribution in [0.2, 0.25) is 0 Å². The summed E-state index contributed by atoms with van der Waals surface area (Å²) >= 11 is 1.09. The monoisotopic (exact) mass is 337 g/mol. The minimum absolute atomic E-state index is 0.201. The normalized spacial score (nSPS) is 10.2. The van der Waals surface area contributed by atoms with Crippen LogP contribution in [0, 0.1) is 5.82 Å². The van der Waals surface area contributed by atoms with Crippen molar-refractivity contribution < 1.29 is 23.5 Å². The summed E-state index contributed by atoms with van der Waals surface area (Å²) in [7, 11) is 2.94. The summed E-state index contributed by atoms with van der Waals surface area (Å²) in [4.78, 5) is 26.0. The molecular formula is C16H16FNO4S. The quantitative estimate of drug-likeness (QED) is 0.761. The summed E-state index contributed by atoms with van der Waals surface area (Å²) in [5.41, 5.74) is 0. The lowest BCUT2D eigenvalue weighted by Crippen LogP contribution is -2.30. The highest BCUT2D eigenvalue weighted by molar-refractivity contribution is 7.15. The van der Waals surface area contributed by atoms with E-state index >= 15 is 0 Å². The van der Waals surface area contributed by atoms with Gasteiger partial charge in [-0.05, 0) is 36.4 Å².